The van der Waals surface area contributed by atoms with Gasteiger partial charge in [-0.15, -0.1) is 11.3 Å². The van der Waals surface area contributed by atoms with E-state index in [1.54, 1.807) is 41.8 Å². The van der Waals surface area contributed by atoms with Gasteiger partial charge >= 0.3 is 0 Å². The SMILES string of the molecule is CCOc1ccc(C2C(C(=O)c3cccs3)=C(O)C(=O)N2c2ccccc2)cc1. The molecular weight excluding hydrogens is 386 g/mol. The Balaban J connectivity index is 1.83. The minimum absolute atomic E-state index is 0.0884. The molecule has 1 aliphatic heterocycles. The van der Waals surface area contributed by atoms with Crippen LogP contribution in [0.3, 0.4) is 0 Å². The van der Waals surface area contributed by atoms with Gasteiger partial charge in [0.1, 0.15) is 5.75 Å². The molecule has 1 N–H and O–H groups in total. The zero-order valence-electron chi connectivity index (χ0n) is 15.7. The maximum Gasteiger partial charge on any atom is 0.294 e. The fourth-order valence-corrected chi connectivity index (χ4v) is 4.14. The van der Waals surface area contributed by atoms with Crippen molar-refractivity contribution in [2.75, 3.05) is 11.5 Å². The van der Waals surface area contributed by atoms with Crippen LogP contribution in [0.15, 0.2) is 83.4 Å². The van der Waals surface area contributed by atoms with E-state index in [2.05, 4.69) is 0 Å². The molecule has 0 fully saturated rings. The van der Waals surface area contributed by atoms with Gasteiger partial charge in [-0.1, -0.05) is 36.4 Å². The fraction of sp³-hybridized carbons (Fsp3) is 0.130. The molecule has 1 unspecified atom stereocenters. The summed E-state index contributed by atoms with van der Waals surface area (Å²) < 4.78 is 5.50. The van der Waals surface area contributed by atoms with Gasteiger partial charge in [-0.25, -0.2) is 0 Å². The smallest absolute Gasteiger partial charge is 0.294 e. The zero-order chi connectivity index (χ0) is 20.4. The number of carbonyl (C=O) groups excluding carboxylic acids is 2. The molecule has 0 saturated carbocycles. The summed E-state index contributed by atoms with van der Waals surface area (Å²) in [5.74, 6) is -0.740. The summed E-state index contributed by atoms with van der Waals surface area (Å²) in [7, 11) is 0. The average molecular weight is 405 g/mol. The second-order valence-corrected chi connectivity index (χ2v) is 7.43. The van der Waals surface area contributed by atoms with E-state index in [0.717, 1.165) is 5.56 Å². The number of benzene rings is 2. The molecule has 0 aliphatic carbocycles. The first-order valence-corrected chi connectivity index (χ1v) is 10.1. The maximum absolute atomic E-state index is 13.2. The van der Waals surface area contributed by atoms with Crippen LogP contribution in [0.25, 0.3) is 0 Å². The number of amides is 1. The number of anilines is 1. The van der Waals surface area contributed by atoms with Crippen molar-refractivity contribution >= 4 is 28.7 Å². The van der Waals surface area contributed by atoms with E-state index in [9.17, 15) is 14.7 Å². The molecule has 2 heterocycles. The number of aliphatic hydroxyl groups is 1. The Morgan fingerprint density at radius 1 is 1.07 bits per heavy atom. The highest BCUT2D eigenvalue weighted by Gasteiger charge is 2.44. The fourth-order valence-electron chi connectivity index (χ4n) is 3.46. The number of thiophene rings is 1. The molecule has 0 radical (unpaired) electrons. The van der Waals surface area contributed by atoms with E-state index in [4.69, 9.17) is 4.74 Å². The summed E-state index contributed by atoms with van der Waals surface area (Å²) in [6, 6.07) is 19.0. The molecular formula is C23H19NO4S. The van der Waals surface area contributed by atoms with Crippen molar-refractivity contribution in [1.29, 1.82) is 0 Å². The summed E-state index contributed by atoms with van der Waals surface area (Å²) >= 11 is 1.28. The van der Waals surface area contributed by atoms with Gasteiger partial charge in [0.2, 0.25) is 5.78 Å². The molecule has 0 saturated heterocycles. The summed E-state index contributed by atoms with van der Waals surface area (Å²) in [6.07, 6.45) is 0. The van der Waals surface area contributed by atoms with E-state index in [-0.39, 0.29) is 11.4 Å². The van der Waals surface area contributed by atoms with Gasteiger partial charge in [-0.2, -0.15) is 0 Å². The third kappa shape index (κ3) is 3.43. The molecule has 1 aliphatic rings. The van der Waals surface area contributed by atoms with E-state index < -0.39 is 17.7 Å². The molecule has 29 heavy (non-hydrogen) atoms. The summed E-state index contributed by atoms with van der Waals surface area (Å²) in [4.78, 5) is 28.1. The van der Waals surface area contributed by atoms with Crippen LogP contribution in [0.5, 0.6) is 5.75 Å². The number of carbonyl (C=O) groups is 2. The molecule has 6 heteroatoms. The largest absolute Gasteiger partial charge is 0.503 e. The molecule has 4 rings (SSSR count). The molecule has 0 bridgehead atoms. The normalized spacial score (nSPS) is 16.4. The first kappa shape index (κ1) is 19.0. The first-order chi connectivity index (χ1) is 14.1. The van der Waals surface area contributed by atoms with Gasteiger partial charge in [0.25, 0.3) is 5.91 Å². The van der Waals surface area contributed by atoms with E-state index in [0.29, 0.717) is 22.9 Å². The molecule has 1 aromatic heterocycles. The number of hydrogen-bond acceptors (Lipinski definition) is 5. The zero-order valence-corrected chi connectivity index (χ0v) is 16.6. The maximum atomic E-state index is 13.2. The number of para-hydroxylation sites is 1. The van der Waals surface area contributed by atoms with Crippen molar-refractivity contribution in [3.63, 3.8) is 0 Å². The highest BCUT2D eigenvalue weighted by atomic mass is 32.1. The molecule has 2 aromatic carbocycles. The summed E-state index contributed by atoms with van der Waals surface area (Å²) in [6.45, 7) is 2.44. The highest BCUT2D eigenvalue weighted by molar-refractivity contribution is 7.12. The monoisotopic (exact) mass is 405 g/mol. The van der Waals surface area contributed by atoms with E-state index in [1.807, 2.05) is 37.3 Å². The molecule has 0 spiro atoms. The molecule has 1 amide bonds. The molecule has 1 atom stereocenters. The summed E-state index contributed by atoms with van der Waals surface area (Å²) in [5, 5.41) is 12.5. The number of ether oxygens (including phenoxy) is 1. The Labute approximate surface area is 172 Å². The van der Waals surface area contributed by atoms with Crippen LogP contribution >= 0.6 is 11.3 Å². The highest BCUT2D eigenvalue weighted by Crippen LogP contribution is 2.42. The number of ketones is 1. The van der Waals surface area contributed by atoms with Crippen molar-refractivity contribution in [2.45, 2.75) is 13.0 Å². The van der Waals surface area contributed by atoms with Crippen LogP contribution in [-0.4, -0.2) is 23.4 Å². The Kier molecular flexibility index (Phi) is 5.18. The molecule has 146 valence electrons. The van der Waals surface area contributed by atoms with Crippen LogP contribution in [0.1, 0.15) is 28.2 Å². The van der Waals surface area contributed by atoms with E-state index >= 15 is 0 Å². The minimum atomic E-state index is -0.727. The van der Waals surface area contributed by atoms with Crippen LogP contribution in [0.2, 0.25) is 0 Å². The van der Waals surface area contributed by atoms with Crippen LogP contribution < -0.4 is 9.64 Å². The molecule has 5 nitrogen and oxygen atoms in total. The Morgan fingerprint density at radius 2 is 1.79 bits per heavy atom. The van der Waals surface area contributed by atoms with Crippen LogP contribution in [0.4, 0.5) is 5.69 Å². The Hall–Kier alpha value is -3.38. The average Bonchev–Trinajstić information content (AvgIpc) is 3.37. The standard InChI is InChI=1S/C23H19NO4S/c1-2-28-17-12-10-15(11-13-17)20-19(21(25)18-9-6-14-29-18)22(26)23(27)24(20)16-7-4-3-5-8-16/h3-14,20,26H,2H2,1H3. The topological polar surface area (TPSA) is 66.8 Å². The van der Waals surface area contributed by atoms with Gasteiger partial charge in [-0.05, 0) is 48.2 Å². The van der Waals surface area contributed by atoms with Crippen LogP contribution in [-0.2, 0) is 4.79 Å². The molecule has 3 aromatic rings. The van der Waals surface area contributed by atoms with Crippen LogP contribution in [0, 0.1) is 0 Å². The van der Waals surface area contributed by atoms with Crippen molar-refractivity contribution < 1.29 is 19.4 Å². The van der Waals surface area contributed by atoms with Gasteiger partial charge in [0, 0.05) is 5.69 Å². The second kappa shape index (κ2) is 7.93. The first-order valence-electron chi connectivity index (χ1n) is 9.24. The van der Waals surface area contributed by atoms with Crippen molar-refractivity contribution in [3.05, 3.63) is 93.9 Å². The minimum Gasteiger partial charge on any atom is -0.503 e. The number of aliphatic hydroxyl groups excluding tert-OH is 1. The van der Waals surface area contributed by atoms with Gasteiger partial charge < -0.3 is 9.84 Å². The third-order valence-electron chi connectivity index (χ3n) is 4.74. The number of rotatable bonds is 6. The lowest BCUT2D eigenvalue weighted by Gasteiger charge is -2.27. The van der Waals surface area contributed by atoms with Gasteiger partial charge in [-0.3, -0.25) is 14.5 Å². The van der Waals surface area contributed by atoms with Crippen molar-refractivity contribution in [1.82, 2.24) is 0 Å². The van der Waals surface area contributed by atoms with E-state index in [1.165, 1.54) is 16.2 Å². The number of hydrogen-bond donors (Lipinski definition) is 1. The predicted octanol–water partition coefficient (Wildman–Crippen LogP) is 4.93. The number of Topliss-reactive ketones (excluding diaryl/α,β-unsaturated/α-hetero) is 1. The predicted molar refractivity (Wildman–Crippen MR) is 113 cm³/mol. The van der Waals surface area contributed by atoms with Gasteiger partial charge in [0.15, 0.2) is 5.76 Å². The lowest BCUT2D eigenvalue weighted by atomic mass is 9.95. The Morgan fingerprint density at radius 3 is 2.41 bits per heavy atom. The van der Waals surface area contributed by atoms with Crippen molar-refractivity contribution in [2.24, 2.45) is 0 Å². The summed E-state index contributed by atoms with van der Waals surface area (Å²) in [5.41, 5.74) is 1.41. The second-order valence-electron chi connectivity index (χ2n) is 6.48. The number of nitrogens with zero attached hydrogens (tertiary/aromatic N) is 1. The van der Waals surface area contributed by atoms with Gasteiger partial charge in [0.05, 0.1) is 23.1 Å². The van der Waals surface area contributed by atoms with Crippen molar-refractivity contribution in [3.8, 4) is 5.75 Å². The lowest BCUT2D eigenvalue weighted by molar-refractivity contribution is -0.117. The third-order valence-corrected chi connectivity index (χ3v) is 5.61. The quantitative estimate of drug-likeness (QED) is 0.591. The lowest BCUT2D eigenvalue weighted by Crippen LogP contribution is -2.30. The Bertz CT molecular complexity index is 1060.